The van der Waals surface area contributed by atoms with Gasteiger partial charge in [-0.15, -0.1) is 10.2 Å². The SMILES string of the molecule is CC.CC1=C(C(C)C)C(=O)N(CCOCCOCCC(=O)NCc2ccc(/C(N)=N/N=C(/C)N)cc2)C1=O. The Labute approximate surface area is 225 Å². The van der Waals surface area contributed by atoms with Crippen molar-refractivity contribution in [1.29, 1.82) is 0 Å². The number of amidine groups is 2. The summed E-state index contributed by atoms with van der Waals surface area (Å²) in [5, 5.41) is 10.4. The molecule has 11 nitrogen and oxygen atoms in total. The van der Waals surface area contributed by atoms with E-state index in [1.807, 2.05) is 39.8 Å². The van der Waals surface area contributed by atoms with Gasteiger partial charge < -0.3 is 26.3 Å². The number of hydrogen-bond donors (Lipinski definition) is 3. The second-order valence-electron chi connectivity index (χ2n) is 8.63. The number of nitrogens with two attached hydrogens (primary N) is 2. The molecule has 0 saturated heterocycles. The Balaban J connectivity index is 0.00000352. The third kappa shape index (κ3) is 10.4. The Morgan fingerprint density at radius 3 is 2.13 bits per heavy atom. The third-order valence-corrected chi connectivity index (χ3v) is 5.38. The molecule has 0 aliphatic carbocycles. The molecule has 0 saturated carbocycles. The summed E-state index contributed by atoms with van der Waals surface area (Å²) in [7, 11) is 0. The smallest absolute Gasteiger partial charge is 0.257 e. The molecule has 0 radical (unpaired) electrons. The molecule has 210 valence electrons. The predicted octanol–water partition coefficient (Wildman–Crippen LogP) is 2.09. The molecule has 11 heteroatoms. The number of rotatable bonds is 14. The van der Waals surface area contributed by atoms with Gasteiger partial charge in [-0.25, -0.2) is 0 Å². The van der Waals surface area contributed by atoms with Crippen LogP contribution in [0.2, 0.25) is 0 Å². The maximum atomic E-state index is 12.4. The molecule has 1 aliphatic heterocycles. The van der Waals surface area contributed by atoms with Crippen molar-refractivity contribution in [3.8, 4) is 0 Å². The van der Waals surface area contributed by atoms with Crippen LogP contribution in [0.5, 0.6) is 0 Å². The number of nitrogens with one attached hydrogen (secondary N) is 1. The minimum atomic E-state index is -0.254. The van der Waals surface area contributed by atoms with E-state index >= 15 is 0 Å². The van der Waals surface area contributed by atoms with Gasteiger partial charge in [0, 0.05) is 29.7 Å². The lowest BCUT2D eigenvalue weighted by Gasteiger charge is -2.15. The van der Waals surface area contributed by atoms with E-state index in [-0.39, 0.29) is 55.7 Å². The van der Waals surface area contributed by atoms with Crippen molar-refractivity contribution in [3.05, 3.63) is 46.5 Å². The van der Waals surface area contributed by atoms with Gasteiger partial charge in [-0.3, -0.25) is 19.3 Å². The highest BCUT2D eigenvalue weighted by atomic mass is 16.5. The van der Waals surface area contributed by atoms with Crippen molar-refractivity contribution in [3.63, 3.8) is 0 Å². The first kappa shape index (κ1) is 32.5. The van der Waals surface area contributed by atoms with E-state index in [9.17, 15) is 14.4 Å². The summed E-state index contributed by atoms with van der Waals surface area (Å²) in [5.74, 6) is -0.0554. The first-order valence-corrected chi connectivity index (χ1v) is 12.8. The van der Waals surface area contributed by atoms with Gasteiger partial charge >= 0.3 is 0 Å². The number of amides is 3. The molecule has 0 spiro atoms. The molecule has 0 bridgehead atoms. The second-order valence-corrected chi connectivity index (χ2v) is 8.63. The van der Waals surface area contributed by atoms with Crippen LogP contribution < -0.4 is 16.8 Å². The topological polar surface area (TPSA) is 162 Å². The molecule has 1 heterocycles. The maximum Gasteiger partial charge on any atom is 0.257 e. The molecular weight excluding hydrogens is 488 g/mol. The molecule has 1 aromatic carbocycles. The molecule has 1 aliphatic rings. The van der Waals surface area contributed by atoms with E-state index in [4.69, 9.17) is 20.9 Å². The normalized spacial score (nSPS) is 14.2. The average Bonchev–Trinajstić information content (AvgIpc) is 3.11. The lowest BCUT2D eigenvalue weighted by Crippen LogP contribution is -2.35. The summed E-state index contributed by atoms with van der Waals surface area (Å²) in [6, 6.07) is 7.27. The Bertz CT molecular complexity index is 1030. The van der Waals surface area contributed by atoms with Crippen LogP contribution >= 0.6 is 0 Å². The fourth-order valence-electron chi connectivity index (χ4n) is 3.51. The fourth-order valence-corrected chi connectivity index (χ4v) is 3.51. The number of hydrogen-bond acceptors (Lipinski definition) is 7. The van der Waals surface area contributed by atoms with Gasteiger partial charge in [0.2, 0.25) is 5.91 Å². The van der Waals surface area contributed by atoms with Crippen molar-refractivity contribution in [2.24, 2.45) is 27.6 Å². The molecule has 0 fully saturated rings. The summed E-state index contributed by atoms with van der Waals surface area (Å²) in [6.07, 6.45) is 0.216. The van der Waals surface area contributed by atoms with Crippen LogP contribution in [0.4, 0.5) is 0 Å². The number of carbonyl (C=O) groups is 3. The van der Waals surface area contributed by atoms with Crippen LogP contribution in [0.3, 0.4) is 0 Å². The van der Waals surface area contributed by atoms with E-state index in [2.05, 4.69) is 15.5 Å². The van der Waals surface area contributed by atoms with Crippen molar-refractivity contribution >= 4 is 29.4 Å². The summed E-state index contributed by atoms with van der Waals surface area (Å²) < 4.78 is 10.9. The number of ether oxygens (including phenoxy) is 2. The first-order chi connectivity index (χ1) is 18.1. The highest BCUT2D eigenvalue weighted by Crippen LogP contribution is 2.25. The van der Waals surface area contributed by atoms with Crippen molar-refractivity contribution < 1.29 is 23.9 Å². The molecule has 0 aromatic heterocycles. The van der Waals surface area contributed by atoms with Crippen LogP contribution in [0, 0.1) is 5.92 Å². The monoisotopic (exact) mass is 530 g/mol. The van der Waals surface area contributed by atoms with E-state index < -0.39 is 0 Å². The Hall–Kier alpha value is -3.57. The van der Waals surface area contributed by atoms with Crippen LogP contribution in [-0.2, 0) is 30.4 Å². The van der Waals surface area contributed by atoms with E-state index in [1.54, 1.807) is 26.0 Å². The van der Waals surface area contributed by atoms with Crippen LogP contribution in [0.15, 0.2) is 45.6 Å². The average molecular weight is 531 g/mol. The second kappa shape index (κ2) is 17.0. The zero-order chi connectivity index (χ0) is 28.7. The standard InChI is InChI=1S/C25H36N6O5.C2H6/c1-16(2)22-17(3)24(33)31(25(22)34)10-12-36-14-13-35-11-9-21(32)28-15-19-5-7-20(8-6-19)23(27)30-29-18(4)26;1-2/h5-8,16H,9-15H2,1-4H3,(H2,26,29)(H2,27,30)(H,28,32);1-2H3. The number of carbonyl (C=O) groups excluding carboxylic acids is 3. The van der Waals surface area contributed by atoms with Crippen molar-refractivity contribution in [2.45, 2.75) is 54.5 Å². The molecular formula is C27H42N6O5. The number of benzene rings is 1. The summed E-state index contributed by atoms with van der Waals surface area (Å²) in [4.78, 5) is 37.9. The zero-order valence-electron chi connectivity index (χ0n) is 23.4. The van der Waals surface area contributed by atoms with Crippen LogP contribution in [0.25, 0.3) is 0 Å². The Morgan fingerprint density at radius 1 is 0.974 bits per heavy atom. The molecule has 38 heavy (non-hydrogen) atoms. The van der Waals surface area contributed by atoms with Crippen molar-refractivity contribution in [2.75, 3.05) is 33.0 Å². The Morgan fingerprint density at radius 2 is 1.58 bits per heavy atom. The van der Waals surface area contributed by atoms with E-state index in [1.165, 1.54) is 4.90 Å². The van der Waals surface area contributed by atoms with Crippen LogP contribution in [-0.4, -0.2) is 67.3 Å². The van der Waals surface area contributed by atoms with E-state index in [0.29, 0.717) is 42.3 Å². The minimum Gasteiger partial charge on any atom is -0.386 e. The summed E-state index contributed by atoms with van der Waals surface area (Å²) >= 11 is 0. The molecule has 2 rings (SSSR count). The Kier molecular flexibility index (Phi) is 14.6. The number of nitrogens with zero attached hydrogens (tertiary/aromatic N) is 3. The van der Waals surface area contributed by atoms with Crippen molar-refractivity contribution in [1.82, 2.24) is 10.2 Å². The lowest BCUT2D eigenvalue weighted by molar-refractivity contribution is -0.138. The zero-order valence-corrected chi connectivity index (χ0v) is 23.4. The van der Waals surface area contributed by atoms with Gasteiger partial charge in [-0.2, -0.15) is 0 Å². The van der Waals surface area contributed by atoms with Gasteiger partial charge in [-0.05, 0) is 25.3 Å². The molecule has 3 amide bonds. The minimum absolute atomic E-state index is 0.00416. The maximum absolute atomic E-state index is 12.4. The van der Waals surface area contributed by atoms with Gasteiger partial charge in [-0.1, -0.05) is 52.0 Å². The summed E-state index contributed by atoms with van der Waals surface area (Å²) in [6.45, 7) is 12.8. The van der Waals surface area contributed by atoms with Crippen LogP contribution in [0.1, 0.15) is 59.1 Å². The predicted molar refractivity (Wildman–Crippen MR) is 148 cm³/mol. The van der Waals surface area contributed by atoms with Gasteiger partial charge in [0.05, 0.1) is 33.0 Å². The van der Waals surface area contributed by atoms with Gasteiger partial charge in [0.25, 0.3) is 11.8 Å². The first-order valence-electron chi connectivity index (χ1n) is 12.8. The van der Waals surface area contributed by atoms with Gasteiger partial charge in [0.15, 0.2) is 5.84 Å². The highest BCUT2D eigenvalue weighted by molar-refractivity contribution is 6.19. The quantitative estimate of drug-likeness (QED) is 0.109. The molecule has 5 N–H and O–H groups in total. The largest absolute Gasteiger partial charge is 0.386 e. The lowest BCUT2D eigenvalue weighted by atomic mass is 10.00. The molecule has 0 unspecified atom stereocenters. The number of imide groups is 1. The fraction of sp³-hybridized carbons (Fsp3) is 0.519. The molecule has 0 atom stereocenters. The van der Waals surface area contributed by atoms with Gasteiger partial charge in [0.1, 0.15) is 5.84 Å². The third-order valence-electron chi connectivity index (χ3n) is 5.38. The highest BCUT2D eigenvalue weighted by Gasteiger charge is 2.36. The molecule has 1 aromatic rings. The van der Waals surface area contributed by atoms with E-state index in [0.717, 1.165) is 5.56 Å². The summed E-state index contributed by atoms with van der Waals surface area (Å²) in [5.41, 5.74) is 14.0.